The van der Waals surface area contributed by atoms with Crippen molar-refractivity contribution in [2.45, 2.75) is 13.1 Å². The average molecular weight is 286 g/mol. The molecule has 2 N–H and O–H groups in total. The molecule has 0 unspecified atom stereocenters. The number of nitrogens with zero attached hydrogens (tertiary/aromatic N) is 3. The second-order valence-corrected chi connectivity index (χ2v) is 4.82. The van der Waals surface area contributed by atoms with Gasteiger partial charge in [-0.25, -0.2) is 9.97 Å². The number of aliphatic carboxylic acids is 1. The molecule has 0 aliphatic rings. The predicted molar refractivity (Wildman–Crippen MR) is 79.8 cm³/mol. The first kappa shape index (κ1) is 14.9. The standard InChI is InChI=1S/C15H18N4O2/c1-19(11-14(20)21)10-13-8-17-15(18-9-13)16-7-12-5-3-2-4-6-12/h2-6,8-9H,7,10-11H2,1H3,(H,20,21)(H,16,17,18). The molecule has 6 heteroatoms. The summed E-state index contributed by atoms with van der Waals surface area (Å²) in [5.41, 5.74) is 2.04. The lowest BCUT2D eigenvalue weighted by Crippen LogP contribution is -2.25. The van der Waals surface area contributed by atoms with Gasteiger partial charge in [0.2, 0.25) is 5.95 Å². The smallest absolute Gasteiger partial charge is 0.317 e. The largest absolute Gasteiger partial charge is 0.480 e. The number of carboxylic acid groups (broad SMARTS) is 1. The van der Waals surface area contributed by atoms with Gasteiger partial charge >= 0.3 is 5.97 Å². The van der Waals surface area contributed by atoms with Gasteiger partial charge in [-0.3, -0.25) is 9.69 Å². The van der Waals surface area contributed by atoms with Gasteiger partial charge in [0.25, 0.3) is 0 Å². The molecule has 0 aliphatic carbocycles. The van der Waals surface area contributed by atoms with Crippen molar-refractivity contribution in [3.63, 3.8) is 0 Å². The van der Waals surface area contributed by atoms with Gasteiger partial charge in [-0.1, -0.05) is 30.3 Å². The summed E-state index contributed by atoms with van der Waals surface area (Å²) >= 11 is 0. The van der Waals surface area contributed by atoms with E-state index in [0.717, 1.165) is 11.1 Å². The molecular weight excluding hydrogens is 268 g/mol. The van der Waals surface area contributed by atoms with Crippen molar-refractivity contribution in [2.24, 2.45) is 0 Å². The average Bonchev–Trinajstić information content (AvgIpc) is 2.47. The highest BCUT2D eigenvalue weighted by Crippen LogP contribution is 2.05. The highest BCUT2D eigenvalue weighted by molar-refractivity contribution is 5.69. The number of hydrogen-bond acceptors (Lipinski definition) is 5. The Kier molecular flexibility index (Phi) is 5.22. The maximum absolute atomic E-state index is 10.6. The van der Waals surface area contributed by atoms with Crippen LogP contribution < -0.4 is 5.32 Å². The third kappa shape index (κ3) is 5.19. The molecule has 1 aromatic heterocycles. The van der Waals surface area contributed by atoms with Crippen LogP contribution in [0.4, 0.5) is 5.95 Å². The number of benzene rings is 1. The first-order chi connectivity index (χ1) is 10.1. The maximum Gasteiger partial charge on any atom is 0.317 e. The molecule has 1 heterocycles. The van der Waals surface area contributed by atoms with Crippen LogP contribution in [0.2, 0.25) is 0 Å². The second-order valence-electron chi connectivity index (χ2n) is 4.82. The number of anilines is 1. The summed E-state index contributed by atoms with van der Waals surface area (Å²) in [5, 5.41) is 11.8. The van der Waals surface area contributed by atoms with Crippen LogP contribution in [0.1, 0.15) is 11.1 Å². The van der Waals surface area contributed by atoms with Crippen molar-refractivity contribution in [3.05, 3.63) is 53.9 Å². The minimum atomic E-state index is -0.848. The molecule has 2 rings (SSSR count). The van der Waals surface area contributed by atoms with Crippen LogP contribution in [0.15, 0.2) is 42.7 Å². The van der Waals surface area contributed by atoms with Crippen molar-refractivity contribution in [3.8, 4) is 0 Å². The molecule has 21 heavy (non-hydrogen) atoms. The lowest BCUT2D eigenvalue weighted by Gasteiger charge is -2.13. The van der Waals surface area contributed by atoms with Crippen LogP contribution in [0.5, 0.6) is 0 Å². The number of hydrogen-bond donors (Lipinski definition) is 2. The van der Waals surface area contributed by atoms with Crippen LogP contribution in [-0.4, -0.2) is 39.5 Å². The number of nitrogens with one attached hydrogen (secondary N) is 1. The minimum absolute atomic E-state index is 0.00594. The second kappa shape index (κ2) is 7.35. The summed E-state index contributed by atoms with van der Waals surface area (Å²) in [6.45, 7) is 1.17. The summed E-state index contributed by atoms with van der Waals surface area (Å²) in [4.78, 5) is 20.7. The molecule has 0 bridgehead atoms. The summed E-state index contributed by atoms with van der Waals surface area (Å²) in [7, 11) is 1.75. The van der Waals surface area contributed by atoms with E-state index in [1.807, 2.05) is 30.3 Å². The summed E-state index contributed by atoms with van der Waals surface area (Å²) < 4.78 is 0. The summed E-state index contributed by atoms with van der Waals surface area (Å²) in [5.74, 6) is -0.289. The van der Waals surface area contributed by atoms with Crippen molar-refractivity contribution in [1.29, 1.82) is 0 Å². The van der Waals surface area contributed by atoms with E-state index in [-0.39, 0.29) is 6.54 Å². The Balaban J connectivity index is 1.85. The Morgan fingerprint density at radius 3 is 2.48 bits per heavy atom. The lowest BCUT2D eigenvalue weighted by atomic mass is 10.2. The maximum atomic E-state index is 10.6. The molecule has 0 fully saturated rings. The number of rotatable bonds is 7. The van der Waals surface area contributed by atoms with Crippen LogP contribution in [0, 0.1) is 0 Å². The van der Waals surface area contributed by atoms with E-state index in [0.29, 0.717) is 19.0 Å². The van der Waals surface area contributed by atoms with Gasteiger partial charge in [-0.15, -0.1) is 0 Å². The van der Waals surface area contributed by atoms with Crippen molar-refractivity contribution < 1.29 is 9.90 Å². The van der Waals surface area contributed by atoms with Gasteiger partial charge in [0.15, 0.2) is 0 Å². The van der Waals surface area contributed by atoms with E-state index in [9.17, 15) is 4.79 Å². The van der Waals surface area contributed by atoms with Gasteiger partial charge < -0.3 is 10.4 Å². The normalized spacial score (nSPS) is 10.6. The highest BCUT2D eigenvalue weighted by atomic mass is 16.4. The number of carboxylic acids is 1. The van der Waals surface area contributed by atoms with Crippen LogP contribution in [-0.2, 0) is 17.9 Å². The summed E-state index contributed by atoms with van der Waals surface area (Å²) in [6.07, 6.45) is 3.41. The molecule has 0 saturated heterocycles. The number of likely N-dealkylation sites (N-methyl/N-ethyl adjacent to an activating group) is 1. The molecule has 1 aromatic carbocycles. The van der Waals surface area contributed by atoms with Crippen molar-refractivity contribution >= 4 is 11.9 Å². The molecule has 0 atom stereocenters. The molecule has 110 valence electrons. The molecular formula is C15H18N4O2. The first-order valence-corrected chi connectivity index (χ1v) is 6.62. The number of carbonyl (C=O) groups is 1. The lowest BCUT2D eigenvalue weighted by molar-refractivity contribution is -0.138. The van der Waals surface area contributed by atoms with Gasteiger partial charge in [0.05, 0.1) is 6.54 Å². The van der Waals surface area contributed by atoms with Crippen LogP contribution in [0.3, 0.4) is 0 Å². The Morgan fingerprint density at radius 2 is 1.86 bits per heavy atom. The van der Waals surface area contributed by atoms with Gasteiger partial charge in [-0.2, -0.15) is 0 Å². The topological polar surface area (TPSA) is 78.4 Å². The molecule has 0 saturated carbocycles. The number of aromatic nitrogens is 2. The highest BCUT2D eigenvalue weighted by Gasteiger charge is 2.06. The van der Waals surface area contributed by atoms with E-state index in [4.69, 9.17) is 5.11 Å². The quantitative estimate of drug-likeness (QED) is 0.805. The van der Waals surface area contributed by atoms with Crippen LogP contribution in [0.25, 0.3) is 0 Å². The fourth-order valence-corrected chi connectivity index (χ4v) is 1.90. The van der Waals surface area contributed by atoms with E-state index >= 15 is 0 Å². The van der Waals surface area contributed by atoms with Gasteiger partial charge in [-0.05, 0) is 12.6 Å². The third-order valence-electron chi connectivity index (χ3n) is 2.86. The molecule has 0 amide bonds. The van der Waals surface area contributed by atoms with E-state index < -0.39 is 5.97 Å². The SMILES string of the molecule is CN(CC(=O)O)Cc1cnc(NCc2ccccc2)nc1. The van der Waals surface area contributed by atoms with Gasteiger partial charge in [0.1, 0.15) is 0 Å². The van der Waals surface area contributed by atoms with E-state index in [1.54, 1.807) is 24.3 Å². The fraction of sp³-hybridized carbons (Fsp3) is 0.267. The Bertz CT molecular complexity index is 572. The third-order valence-corrected chi connectivity index (χ3v) is 2.86. The molecule has 0 radical (unpaired) electrons. The van der Waals surface area contributed by atoms with E-state index in [2.05, 4.69) is 15.3 Å². The minimum Gasteiger partial charge on any atom is -0.480 e. The van der Waals surface area contributed by atoms with E-state index in [1.165, 1.54) is 0 Å². The molecule has 2 aromatic rings. The monoisotopic (exact) mass is 286 g/mol. The zero-order chi connectivity index (χ0) is 15.1. The van der Waals surface area contributed by atoms with Crippen molar-refractivity contribution in [2.75, 3.05) is 18.9 Å². The first-order valence-electron chi connectivity index (χ1n) is 6.62. The Labute approximate surface area is 123 Å². The Hall–Kier alpha value is -2.47. The van der Waals surface area contributed by atoms with Gasteiger partial charge in [0, 0.05) is 31.0 Å². The fourth-order valence-electron chi connectivity index (χ4n) is 1.90. The van der Waals surface area contributed by atoms with Crippen LogP contribution >= 0.6 is 0 Å². The zero-order valence-corrected chi connectivity index (χ0v) is 11.9. The predicted octanol–water partition coefficient (Wildman–Crippen LogP) is 1.61. The Morgan fingerprint density at radius 1 is 1.19 bits per heavy atom. The zero-order valence-electron chi connectivity index (χ0n) is 11.9. The molecule has 0 spiro atoms. The molecule has 6 nitrogen and oxygen atoms in total. The summed E-state index contributed by atoms with van der Waals surface area (Å²) in [6, 6.07) is 10.0. The van der Waals surface area contributed by atoms with Crippen molar-refractivity contribution in [1.82, 2.24) is 14.9 Å². The molecule has 0 aliphatic heterocycles.